The molecule has 6 rings (SSSR count). The molecule has 2 atom stereocenters. The fourth-order valence-electron chi connectivity index (χ4n) is 5.50. The zero-order valence-corrected chi connectivity index (χ0v) is 22.7. The summed E-state index contributed by atoms with van der Waals surface area (Å²) >= 11 is 0. The van der Waals surface area contributed by atoms with Crippen LogP contribution in [0.5, 0.6) is 0 Å². The highest BCUT2D eigenvalue weighted by molar-refractivity contribution is 5.82. The van der Waals surface area contributed by atoms with Crippen LogP contribution < -0.4 is 16.0 Å². The second-order valence-electron chi connectivity index (χ2n) is 11.0. The molecule has 2 aliphatic rings. The number of benzene rings is 1. The molecule has 1 aliphatic carbocycles. The Kier molecular flexibility index (Phi) is 7.78. The molecule has 41 heavy (non-hydrogen) atoms. The number of aliphatic hydroxyl groups is 1. The van der Waals surface area contributed by atoms with Gasteiger partial charge in [0.15, 0.2) is 11.5 Å². The van der Waals surface area contributed by atoms with Crippen LogP contribution in [0.4, 0.5) is 20.3 Å². The number of hydrogen-bond donors (Lipinski definition) is 3. The van der Waals surface area contributed by atoms with Crippen molar-refractivity contribution in [3.05, 3.63) is 72.1 Å². The minimum Gasteiger partial charge on any atom is -0.385 e. The zero-order valence-electron chi connectivity index (χ0n) is 22.7. The summed E-state index contributed by atoms with van der Waals surface area (Å²) in [5.41, 5.74) is 10.1. The van der Waals surface area contributed by atoms with Crippen molar-refractivity contribution in [2.75, 3.05) is 30.0 Å². The number of imidazole rings is 1. The molecule has 10 nitrogen and oxygen atoms in total. The highest BCUT2D eigenvalue weighted by Gasteiger charge is 2.43. The molecule has 0 bridgehead atoms. The van der Waals surface area contributed by atoms with Crippen molar-refractivity contribution in [3.8, 4) is 0 Å². The molecule has 4 heterocycles. The molecule has 0 unspecified atom stereocenters. The summed E-state index contributed by atoms with van der Waals surface area (Å²) in [4.78, 5) is 20.1. The largest absolute Gasteiger partial charge is 0.385 e. The second kappa shape index (κ2) is 11.6. The number of nitrogens with two attached hydrogens (primary N) is 1. The van der Waals surface area contributed by atoms with Crippen molar-refractivity contribution in [1.82, 2.24) is 24.5 Å². The van der Waals surface area contributed by atoms with Crippen LogP contribution >= 0.6 is 0 Å². The molecule has 0 radical (unpaired) electrons. The van der Waals surface area contributed by atoms with Crippen molar-refractivity contribution >= 4 is 22.7 Å². The number of nitrogens with one attached hydrogen (secondary N) is 1. The molecule has 4 aromatic rings. The summed E-state index contributed by atoms with van der Waals surface area (Å²) in [6, 6.07) is 12.0. The summed E-state index contributed by atoms with van der Waals surface area (Å²) in [7, 11) is 0. The third kappa shape index (κ3) is 5.99. The third-order valence-corrected chi connectivity index (χ3v) is 7.90. The van der Waals surface area contributed by atoms with Crippen molar-refractivity contribution in [1.29, 1.82) is 0 Å². The van der Waals surface area contributed by atoms with Gasteiger partial charge in [0.2, 0.25) is 0 Å². The first kappa shape index (κ1) is 27.4. The molecule has 1 aromatic carbocycles. The first-order chi connectivity index (χ1) is 19.9. The van der Waals surface area contributed by atoms with Crippen molar-refractivity contribution in [2.45, 2.75) is 62.8 Å². The Balaban J connectivity index is 1.22. The third-order valence-electron chi connectivity index (χ3n) is 7.90. The molecular weight excluding hydrogens is 530 g/mol. The number of alkyl halides is 2. The summed E-state index contributed by atoms with van der Waals surface area (Å²) in [5, 5.41) is 13.4. The van der Waals surface area contributed by atoms with Crippen molar-refractivity contribution in [3.63, 3.8) is 0 Å². The predicted molar refractivity (Wildman–Crippen MR) is 151 cm³/mol. The normalized spacial score (nSPS) is 20.1. The Hall–Kier alpha value is -3.74. The van der Waals surface area contributed by atoms with Gasteiger partial charge in [-0.3, -0.25) is 4.98 Å². The van der Waals surface area contributed by atoms with Gasteiger partial charge in [-0.05, 0) is 42.9 Å². The minimum atomic E-state index is -2.90. The lowest BCUT2D eigenvalue weighted by Crippen LogP contribution is -2.63. The predicted octanol–water partition coefficient (Wildman–Crippen LogP) is 3.66. The van der Waals surface area contributed by atoms with E-state index in [0.717, 1.165) is 35.3 Å². The topological polar surface area (TPSA) is 127 Å². The molecule has 3 aromatic heterocycles. The molecule has 0 amide bonds. The highest BCUT2D eigenvalue weighted by Crippen LogP contribution is 2.41. The van der Waals surface area contributed by atoms with Gasteiger partial charge in [-0.2, -0.15) is 0 Å². The number of pyridine rings is 1. The summed E-state index contributed by atoms with van der Waals surface area (Å²) in [6.45, 7) is 1.92. The minimum absolute atomic E-state index is 0.111. The average molecular weight is 565 g/mol. The smallest absolute Gasteiger partial charge is 0.265 e. The number of halogens is 2. The number of aromatic nitrogens is 5. The van der Waals surface area contributed by atoms with Crippen LogP contribution in [0.25, 0.3) is 11.2 Å². The van der Waals surface area contributed by atoms with E-state index in [1.54, 1.807) is 6.33 Å². The lowest BCUT2D eigenvalue weighted by atomic mass is 9.84. The Morgan fingerprint density at radius 1 is 1.15 bits per heavy atom. The lowest BCUT2D eigenvalue weighted by molar-refractivity contribution is -0.0529. The molecule has 2 fully saturated rings. The van der Waals surface area contributed by atoms with Crippen LogP contribution in [0.2, 0.25) is 0 Å². The van der Waals surface area contributed by atoms with E-state index in [0.29, 0.717) is 55.4 Å². The number of nitrogens with zero attached hydrogens (tertiary/aromatic N) is 6. The maximum Gasteiger partial charge on any atom is 0.265 e. The number of piperidine rings is 1. The van der Waals surface area contributed by atoms with Gasteiger partial charge < -0.3 is 30.4 Å². The molecule has 216 valence electrons. The van der Waals surface area contributed by atoms with Gasteiger partial charge >= 0.3 is 0 Å². The number of fused-ring (bicyclic) bond motifs is 1. The van der Waals surface area contributed by atoms with Crippen LogP contribution in [0.3, 0.4) is 0 Å². The fraction of sp³-hybridized carbons (Fsp3) is 0.448. The van der Waals surface area contributed by atoms with Gasteiger partial charge in [-0.1, -0.05) is 30.3 Å². The maximum atomic E-state index is 13.4. The second-order valence-corrected chi connectivity index (χ2v) is 11.0. The zero-order chi connectivity index (χ0) is 28.4. The first-order valence-corrected chi connectivity index (χ1v) is 13.9. The Labute approximate surface area is 236 Å². The van der Waals surface area contributed by atoms with Crippen LogP contribution in [0.1, 0.15) is 48.4 Å². The Morgan fingerprint density at radius 3 is 2.76 bits per heavy atom. The van der Waals surface area contributed by atoms with E-state index < -0.39 is 18.1 Å². The van der Waals surface area contributed by atoms with E-state index >= 15 is 0 Å². The highest BCUT2D eigenvalue weighted by atomic mass is 19.3. The van der Waals surface area contributed by atoms with Gasteiger partial charge in [-0.25, -0.2) is 23.7 Å². The number of hydrogen-bond acceptors (Lipinski definition) is 9. The van der Waals surface area contributed by atoms with E-state index in [1.807, 2.05) is 46.0 Å². The first-order valence-electron chi connectivity index (χ1n) is 13.9. The number of ether oxygens (including phenoxy) is 1. The summed E-state index contributed by atoms with van der Waals surface area (Å²) in [5.74, 6) is 1.01. The Bertz CT molecular complexity index is 1480. The summed E-state index contributed by atoms with van der Waals surface area (Å²) in [6.07, 6.45) is 3.34. The molecular formula is C29H34F2N8O2. The molecule has 4 N–H and O–H groups in total. The van der Waals surface area contributed by atoms with E-state index in [1.165, 1.54) is 6.33 Å². The monoisotopic (exact) mass is 564 g/mol. The van der Waals surface area contributed by atoms with E-state index in [2.05, 4.69) is 26.3 Å². The van der Waals surface area contributed by atoms with E-state index in [9.17, 15) is 13.9 Å². The Morgan fingerprint density at radius 2 is 1.98 bits per heavy atom. The van der Waals surface area contributed by atoms with Crippen LogP contribution in [0, 0.1) is 0 Å². The van der Waals surface area contributed by atoms with Crippen LogP contribution in [-0.2, 0) is 17.9 Å². The fourth-order valence-corrected chi connectivity index (χ4v) is 5.50. The van der Waals surface area contributed by atoms with Gasteiger partial charge in [0, 0.05) is 24.7 Å². The van der Waals surface area contributed by atoms with Crippen LogP contribution in [0.15, 0.2) is 55.2 Å². The standard InChI is InChI=1S/C29H34F2N8O2/c30-26(31)25(40)29(32)9-4-10-38(15-29)23-12-33-22(20-7-8-20)11-21(23)13-39-17-36-24-27(34-16-35-28(24)39)37-18-41-14-19-5-2-1-3-6-19/h1-3,5-6,11-12,16-17,20,25-26,40H,4,7-10,13-15,18,32H2,(H,34,35,37)/t25-,29+/m1/s1. The van der Waals surface area contributed by atoms with Crippen molar-refractivity contribution < 1.29 is 18.6 Å². The van der Waals surface area contributed by atoms with Gasteiger partial charge in [-0.15, -0.1) is 0 Å². The van der Waals surface area contributed by atoms with Gasteiger partial charge in [0.05, 0.1) is 36.9 Å². The number of anilines is 2. The van der Waals surface area contributed by atoms with Crippen molar-refractivity contribution in [2.24, 2.45) is 5.73 Å². The summed E-state index contributed by atoms with van der Waals surface area (Å²) < 4.78 is 34.6. The maximum absolute atomic E-state index is 13.4. The number of rotatable bonds is 11. The van der Waals surface area contributed by atoms with E-state index in [4.69, 9.17) is 15.5 Å². The number of aliphatic hydroxyl groups excluding tert-OH is 1. The molecule has 12 heteroatoms. The van der Waals surface area contributed by atoms with Gasteiger partial charge in [0.25, 0.3) is 6.43 Å². The molecule has 1 aliphatic heterocycles. The molecule has 0 spiro atoms. The lowest BCUT2D eigenvalue weighted by Gasteiger charge is -2.44. The van der Waals surface area contributed by atoms with Crippen LogP contribution in [-0.4, -0.2) is 67.5 Å². The average Bonchev–Trinajstić information content (AvgIpc) is 3.76. The molecule has 1 saturated heterocycles. The van der Waals surface area contributed by atoms with Gasteiger partial charge in [0.1, 0.15) is 24.7 Å². The SMILES string of the molecule is N[C@@]1([C@H](O)C(F)F)CCCN(c2cnc(C3CC3)cc2Cn2cnc3c(NCOCc4ccccc4)ncnc32)C1. The van der Waals surface area contributed by atoms with E-state index in [-0.39, 0.29) is 13.3 Å². The quantitative estimate of drug-likeness (QED) is 0.185. The molecule has 1 saturated carbocycles.